The second-order valence-corrected chi connectivity index (χ2v) is 6.53. The highest BCUT2D eigenvalue weighted by Crippen LogP contribution is 2.28. The second kappa shape index (κ2) is 6.33. The van der Waals surface area contributed by atoms with Gasteiger partial charge in [-0.05, 0) is 13.8 Å². The Bertz CT molecular complexity index is 389. The highest BCUT2D eigenvalue weighted by Gasteiger charge is 2.47. The predicted octanol–water partition coefficient (Wildman–Crippen LogP) is -0.458. The normalized spacial score (nSPS) is 29.5. The van der Waals surface area contributed by atoms with Crippen LogP contribution in [0.3, 0.4) is 0 Å². The monoisotopic (exact) mass is 292 g/mol. The van der Waals surface area contributed by atoms with Gasteiger partial charge in [0.25, 0.3) is 0 Å². The van der Waals surface area contributed by atoms with E-state index < -0.39 is 34.3 Å². The van der Waals surface area contributed by atoms with Crippen molar-refractivity contribution in [2.45, 2.75) is 25.9 Å². The summed E-state index contributed by atoms with van der Waals surface area (Å²) < 4.78 is 16.1. The molecule has 110 valence electrons. The van der Waals surface area contributed by atoms with E-state index in [0.717, 1.165) is 0 Å². The van der Waals surface area contributed by atoms with Gasteiger partial charge in [-0.3, -0.25) is 9.00 Å². The first-order valence-electron chi connectivity index (χ1n) is 5.94. The number of nitrogens with one attached hydrogen (secondary N) is 2. The largest absolute Gasteiger partial charge is 0.481 e. The summed E-state index contributed by atoms with van der Waals surface area (Å²) in [4.78, 5) is 22.9. The molecule has 1 rings (SSSR count). The van der Waals surface area contributed by atoms with Crippen molar-refractivity contribution >= 4 is 22.8 Å². The lowest BCUT2D eigenvalue weighted by molar-refractivity contribution is -0.148. The number of urea groups is 1. The third kappa shape index (κ3) is 4.17. The standard InChI is InChI=1S/C11H20N2O5S/c1-7(5-19(3)17)12-10(16)13-8-4-18-6-11(8,2)9(14)15/h7-8H,4-6H2,1-3H3,(H,14,15)(H2,12,13,16). The van der Waals surface area contributed by atoms with Crippen LogP contribution in [0.1, 0.15) is 13.8 Å². The summed E-state index contributed by atoms with van der Waals surface area (Å²) in [5.41, 5.74) is -1.12. The summed E-state index contributed by atoms with van der Waals surface area (Å²) in [6.45, 7) is 3.52. The van der Waals surface area contributed by atoms with Crippen LogP contribution in [-0.4, -0.2) is 58.6 Å². The molecule has 19 heavy (non-hydrogen) atoms. The van der Waals surface area contributed by atoms with E-state index in [2.05, 4.69) is 10.6 Å². The second-order valence-electron chi connectivity index (χ2n) is 5.05. The Morgan fingerprint density at radius 3 is 2.74 bits per heavy atom. The lowest BCUT2D eigenvalue weighted by Crippen LogP contribution is -2.54. The van der Waals surface area contributed by atoms with Crippen LogP contribution in [0.5, 0.6) is 0 Å². The molecular formula is C11H20N2O5S. The molecule has 1 aliphatic rings. The van der Waals surface area contributed by atoms with Crippen molar-refractivity contribution in [2.75, 3.05) is 25.2 Å². The fraction of sp³-hybridized carbons (Fsp3) is 0.818. The lowest BCUT2D eigenvalue weighted by atomic mass is 9.85. The summed E-state index contributed by atoms with van der Waals surface area (Å²) in [6.07, 6.45) is 1.56. The van der Waals surface area contributed by atoms with Crippen LogP contribution in [0, 0.1) is 5.41 Å². The summed E-state index contributed by atoms with van der Waals surface area (Å²) in [6, 6.07) is -1.30. The fourth-order valence-corrected chi connectivity index (χ4v) is 2.69. The molecule has 4 unspecified atom stereocenters. The maximum absolute atomic E-state index is 11.7. The Morgan fingerprint density at radius 2 is 2.21 bits per heavy atom. The summed E-state index contributed by atoms with van der Waals surface area (Å²) >= 11 is 0. The lowest BCUT2D eigenvalue weighted by Gasteiger charge is -2.26. The highest BCUT2D eigenvalue weighted by molar-refractivity contribution is 7.84. The van der Waals surface area contributed by atoms with Crippen LogP contribution in [0.15, 0.2) is 0 Å². The van der Waals surface area contributed by atoms with Gasteiger partial charge in [0.15, 0.2) is 0 Å². The van der Waals surface area contributed by atoms with E-state index in [4.69, 9.17) is 9.84 Å². The number of carboxylic acid groups (broad SMARTS) is 1. The zero-order chi connectivity index (χ0) is 14.6. The molecule has 1 heterocycles. The highest BCUT2D eigenvalue weighted by atomic mass is 32.2. The summed E-state index contributed by atoms with van der Waals surface area (Å²) in [7, 11) is -1.000. The summed E-state index contributed by atoms with van der Waals surface area (Å²) in [5.74, 6) is -0.650. The van der Waals surface area contributed by atoms with Gasteiger partial charge in [-0.15, -0.1) is 0 Å². The van der Waals surface area contributed by atoms with E-state index in [1.165, 1.54) is 6.92 Å². The Hall–Kier alpha value is -1.15. The number of carbonyl (C=O) groups excluding carboxylic acids is 1. The molecule has 0 aromatic rings. The minimum absolute atomic E-state index is 0.0712. The zero-order valence-corrected chi connectivity index (χ0v) is 12.1. The van der Waals surface area contributed by atoms with Crippen LogP contribution in [-0.2, 0) is 20.3 Å². The van der Waals surface area contributed by atoms with E-state index in [1.54, 1.807) is 13.2 Å². The molecule has 0 saturated carbocycles. The van der Waals surface area contributed by atoms with Crippen LogP contribution in [0.4, 0.5) is 4.79 Å². The minimum atomic E-state index is -1.12. The van der Waals surface area contributed by atoms with Gasteiger partial charge < -0.3 is 20.5 Å². The molecule has 1 saturated heterocycles. The molecule has 8 heteroatoms. The van der Waals surface area contributed by atoms with Gasteiger partial charge >= 0.3 is 12.0 Å². The summed E-state index contributed by atoms with van der Waals surface area (Å²) in [5, 5.41) is 14.4. The average Bonchev–Trinajstić information content (AvgIpc) is 2.59. The number of carboxylic acids is 1. The predicted molar refractivity (Wildman–Crippen MR) is 70.4 cm³/mol. The molecule has 0 aromatic heterocycles. The Labute approximate surface area is 114 Å². The zero-order valence-electron chi connectivity index (χ0n) is 11.3. The molecule has 4 atom stereocenters. The number of hydrogen-bond acceptors (Lipinski definition) is 4. The smallest absolute Gasteiger partial charge is 0.315 e. The van der Waals surface area contributed by atoms with Crippen LogP contribution < -0.4 is 10.6 Å². The van der Waals surface area contributed by atoms with Gasteiger partial charge in [-0.1, -0.05) is 0 Å². The Balaban J connectivity index is 2.52. The van der Waals surface area contributed by atoms with Crippen molar-refractivity contribution in [3.05, 3.63) is 0 Å². The Kier molecular flexibility index (Phi) is 5.30. The minimum Gasteiger partial charge on any atom is -0.481 e. The molecule has 7 nitrogen and oxygen atoms in total. The fourth-order valence-electron chi connectivity index (χ4n) is 1.90. The van der Waals surface area contributed by atoms with E-state index in [1.807, 2.05) is 0 Å². The molecule has 0 aliphatic carbocycles. The van der Waals surface area contributed by atoms with Crippen molar-refractivity contribution in [2.24, 2.45) is 5.41 Å². The van der Waals surface area contributed by atoms with E-state index in [-0.39, 0.29) is 19.3 Å². The molecule has 1 aliphatic heterocycles. The number of ether oxygens (including phenoxy) is 1. The molecule has 0 bridgehead atoms. The molecule has 2 amide bonds. The topological polar surface area (TPSA) is 105 Å². The average molecular weight is 292 g/mol. The number of hydrogen-bond donors (Lipinski definition) is 3. The van der Waals surface area contributed by atoms with Crippen molar-refractivity contribution < 1.29 is 23.6 Å². The first kappa shape index (κ1) is 15.9. The molecule has 1 fully saturated rings. The van der Waals surface area contributed by atoms with E-state index in [9.17, 15) is 13.8 Å². The first-order chi connectivity index (χ1) is 8.75. The molecular weight excluding hydrogens is 272 g/mol. The van der Waals surface area contributed by atoms with Crippen molar-refractivity contribution in [3.8, 4) is 0 Å². The molecule has 0 radical (unpaired) electrons. The number of carbonyl (C=O) groups is 2. The molecule has 3 N–H and O–H groups in total. The van der Waals surface area contributed by atoms with Crippen LogP contribution >= 0.6 is 0 Å². The number of rotatable bonds is 5. The third-order valence-corrected chi connectivity index (χ3v) is 4.08. The number of amides is 2. The number of aliphatic carboxylic acids is 1. The van der Waals surface area contributed by atoms with Gasteiger partial charge in [0.05, 0.1) is 19.3 Å². The molecule has 0 aromatic carbocycles. The van der Waals surface area contributed by atoms with Crippen LogP contribution in [0.25, 0.3) is 0 Å². The van der Waals surface area contributed by atoms with Gasteiger partial charge in [-0.2, -0.15) is 0 Å². The van der Waals surface area contributed by atoms with Gasteiger partial charge in [0.1, 0.15) is 5.41 Å². The van der Waals surface area contributed by atoms with E-state index >= 15 is 0 Å². The van der Waals surface area contributed by atoms with Crippen molar-refractivity contribution in [1.82, 2.24) is 10.6 Å². The SMILES string of the molecule is CC(CS(C)=O)NC(=O)NC1COCC1(C)C(=O)O. The van der Waals surface area contributed by atoms with Crippen molar-refractivity contribution in [3.63, 3.8) is 0 Å². The van der Waals surface area contributed by atoms with E-state index in [0.29, 0.717) is 5.75 Å². The Morgan fingerprint density at radius 1 is 1.58 bits per heavy atom. The first-order valence-corrected chi connectivity index (χ1v) is 7.66. The maximum Gasteiger partial charge on any atom is 0.315 e. The van der Waals surface area contributed by atoms with Crippen LogP contribution in [0.2, 0.25) is 0 Å². The molecule has 0 spiro atoms. The van der Waals surface area contributed by atoms with Gasteiger partial charge in [-0.25, -0.2) is 4.79 Å². The van der Waals surface area contributed by atoms with Gasteiger partial charge in [0, 0.05) is 28.9 Å². The third-order valence-electron chi connectivity index (χ3n) is 3.11. The maximum atomic E-state index is 11.7. The van der Waals surface area contributed by atoms with Gasteiger partial charge in [0.2, 0.25) is 0 Å². The van der Waals surface area contributed by atoms with Crippen molar-refractivity contribution in [1.29, 1.82) is 0 Å². The quantitative estimate of drug-likeness (QED) is 0.636.